The van der Waals surface area contributed by atoms with Crippen LogP contribution in [-0.2, 0) is 10.2 Å². The van der Waals surface area contributed by atoms with Gasteiger partial charge in [0.05, 0.1) is 0 Å². The summed E-state index contributed by atoms with van der Waals surface area (Å²) in [6, 6.07) is 0.697. The molecular weight excluding hydrogens is 274 g/mol. The highest BCUT2D eigenvalue weighted by molar-refractivity contribution is 7.86. The van der Waals surface area contributed by atoms with Gasteiger partial charge in [0.15, 0.2) is 0 Å². The number of nitrogens with one attached hydrogen (secondary N) is 1. The molecule has 5 nitrogen and oxygen atoms in total. The standard InChI is InChI=1S/C14H29N3O2S/c1-12(2)13-7-10-17(11-13)20(18,19)16(3)9-4-8-15-14-5-6-14/h12-15H,4-11H2,1-3H3. The topological polar surface area (TPSA) is 52.7 Å². The molecule has 1 saturated heterocycles. The predicted molar refractivity (Wildman–Crippen MR) is 81.7 cm³/mol. The summed E-state index contributed by atoms with van der Waals surface area (Å²) in [6.45, 7) is 7.23. The van der Waals surface area contributed by atoms with Gasteiger partial charge in [0.25, 0.3) is 10.2 Å². The van der Waals surface area contributed by atoms with E-state index in [1.807, 2.05) is 0 Å². The first kappa shape index (κ1) is 16.2. The lowest BCUT2D eigenvalue weighted by Gasteiger charge is -2.24. The Balaban J connectivity index is 1.76. The molecule has 0 amide bonds. The largest absolute Gasteiger partial charge is 0.314 e. The first-order valence-electron chi connectivity index (χ1n) is 7.86. The van der Waals surface area contributed by atoms with Gasteiger partial charge in [0, 0.05) is 32.7 Å². The minimum atomic E-state index is -3.25. The van der Waals surface area contributed by atoms with Crippen molar-refractivity contribution in [3.8, 4) is 0 Å². The minimum Gasteiger partial charge on any atom is -0.314 e. The van der Waals surface area contributed by atoms with E-state index in [0.717, 1.165) is 19.4 Å². The highest BCUT2D eigenvalue weighted by Crippen LogP contribution is 2.26. The van der Waals surface area contributed by atoms with Crippen LogP contribution in [0.1, 0.15) is 39.5 Å². The molecule has 0 aromatic rings. The van der Waals surface area contributed by atoms with Crippen molar-refractivity contribution >= 4 is 10.2 Å². The van der Waals surface area contributed by atoms with Crippen molar-refractivity contribution < 1.29 is 8.42 Å². The molecule has 1 atom stereocenters. The van der Waals surface area contributed by atoms with E-state index in [4.69, 9.17) is 0 Å². The summed E-state index contributed by atoms with van der Waals surface area (Å²) in [4.78, 5) is 0. The molecular formula is C14H29N3O2S. The van der Waals surface area contributed by atoms with E-state index in [0.29, 0.717) is 37.5 Å². The number of hydrogen-bond donors (Lipinski definition) is 1. The molecule has 1 unspecified atom stereocenters. The third kappa shape index (κ3) is 4.16. The SMILES string of the molecule is CC(C)C1CCN(S(=O)(=O)N(C)CCCNC2CC2)C1. The summed E-state index contributed by atoms with van der Waals surface area (Å²) in [7, 11) is -1.55. The fraction of sp³-hybridized carbons (Fsp3) is 1.00. The molecule has 2 aliphatic rings. The van der Waals surface area contributed by atoms with E-state index in [1.165, 1.54) is 17.1 Å². The predicted octanol–water partition coefficient (Wildman–Crippen LogP) is 1.28. The molecule has 118 valence electrons. The molecule has 0 bridgehead atoms. The Bertz CT molecular complexity index is 407. The van der Waals surface area contributed by atoms with Crippen molar-refractivity contribution in [1.29, 1.82) is 0 Å². The van der Waals surface area contributed by atoms with Gasteiger partial charge in [0.1, 0.15) is 0 Å². The molecule has 0 aromatic heterocycles. The molecule has 1 heterocycles. The lowest BCUT2D eigenvalue weighted by atomic mass is 9.96. The fourth-order valence-corrected chi connectivity index (χ4v) is 4.19. The molecule has 0 radical (unpaired) electrons. The van der Waals surface area contributed by atoms with Gasteiger partial charge in [-0.15, -0.1) is 0 Å². The Labute approximate surface area is 123 Å². The van der Waals surface area contributed by atoms with Crippen molar-refractivity contribution in [1.82, 2.24) is 13.9 Å². The Morgan fingerprint density at radius 1 is 1.30 bits per heavy atom. The van der Waals surface area contributed by atoms with Gasteiger partial charge >= 0.3 is 0 Å². The monoisotopic (exact) mass is 303 g/mol. The van der Waals surface area contributed by atoms with Crippen LogP contribution in [0.2, 0.25) is 0 Å². The summed E-state index contributed by atoms with van der Waals surface area (Å²) in [5.41, 5.74) is 0. The van der Waals surface area contributed by atoms with Crippen LogP contribution in [0.15, 0.2) is 0 Å². The summed E-state index contributed by atoms with van der Waals surface area (Å²) >= 11 is 0. The highest BCUT2D eigenvalue weighted by Gasteiger charge is 2.34. The summed E-state index contributed by atoms with van der Waals surface area (Å²) < 4.78 is 28.1. The molecule has 6 heteroatoms. The molecule has 2 rings (SSSR count). The van der Waals surface area contributed by atoms with Crippen molar-refractivity contribution in [2.45, 2.75) is 45.6 Å². The smallest absolute Gasteiger partial charge is 0.281 e. The van der Waals surface area contributed by atoms with E-state index < -0.39 is 10.2 Å². The second-order valence-electron chi connectivity index (χ2n) is 6.56. The van der Waals surface area contributed by atoms with Crippen molar-refractivity contribution in [3.05, 3.63) is 0 Å². The Morgan fingerprint density at radius 2 is 2.00 bits per heavy atom. The molecule has 1 N–H and O–H groups in total. The van der Waals surface area contributed by atoms with Gasteiger partial charge in [-0.05, 0) is 44.1 Å². The Hall–Kier alpha value is -0.170. The van der Waals surface area contributed by atoms with Gasteiger partial charge in [0.2, 0.25) is 0 Å². The van der Waals surface area contributed by atoms with Crippen LogP contribution >= 0.6 is 0 Å². The fourth-order valence-electron chi connectivity index (χ4n) is 2.72. The van der Waals surface area contributed by atoms with E-state index in [2.05, 4.69) is 19.2 Å². The second-order valence-corrected chi connectivity index (χ2v) is 8.60. The number of rotatable bonds is 8. The van der Waals surface area contributed by atoms with Gasteiger partial charge in [-0.25, -0.2) is 0 Å². The number of nitrogens with zero attached hydrogens (tertiary/aromatic N) is 2. The maximum absolute atomic E-state index is 12.5. The average Bonchev–Trinajstić information content (AvgIpc) is 3.06. The summed E-state index contributed by atoms with van der Waals surface area (Å²) in [6.07, 6.45) is 4.43. The maximum Gasteiger partial charge on any atom is 0.281 e. The minimum absolute atomic E-state index is 0.509. The molecule has 1 saturated carbocycles. The highest BCUT2D eigenvalue weighted by atomic mass is 32.2. The van der Waals surface area contributed by atoms with Gasteiger partial charge in [-0.1, -0.05) is 13.8 Å². The molecule has 0 spiro atoms. The third-order valence-corrected chi connectivity index (χ3v) is 6.47. The van der Waals surface area contributed by atoms with Crippen LogP contribution in [0.3, 0.4) is 0 Å². The van der Waals surface area contributed by atoms with Crippen LogP contribution in [-0.4, -0.2) is 56.3 Å². The second kappa shape index (κ2) is 6.73. The zero-order chi connectivity index (χ0) is 14.8. The summed E-state index contributed by atoms with van der Waals surface area (Å²) in [5, 5.41) is 3.42. The van der Waals surface area contributed by atoms with Crippen LogP contribution < -0.4 is 5.32 Å². The summed E-state index contributed by atoms with van der Waals surface area (Å²) in [5.74, 6) is 1.07. The lowest BCUT2D eigenvalue weighted by Crippen LogP contribution is -2.41. The van der Waals surface area contributed by atoms with Crippen molar-refractivity contribution in [3.63, 3.8) is 0 Å². The molecule has 0 aromatic carbocycles. The molecule has 2 fully saturated rings. The van der Waals surface area contributed by atoms with E-state index >= 15 is 0 Å². The molecule has 20 heavy (non-hydrogen) atoms. The van der Waals surface area contributed by atoms with Crippen LogP contribution in [0, 0.1) is 11.8 Å². The van der Waals surface area contributed by atoms with Gasteiger partial charge in [-0.3, -0.25) is 0 Å². The Morgan fingerprint density at radius 3 is 2.55 bits per heavy atom. The zero-order valence-corrected chi connectivity index (χ0v) is 13.8. The normalized spacial score (nSPS) is 24.9. The average molecular weight is 303 g/mol. The maximum atomic E-state index is 12.5. The number of hydrogen-bond acceptors (Lipinski definition) is 3. The Kier molecular flexibility index (Phi) is 5.45. The first-order chi connectivity index (χ1) is 9.41. The van der Waals surface area contributed by atoms with Crippen LogP contribution in [0.25, 0.3) is 0 Å². The lowest BCUT2D eigenvalue weighted by molar-refractivity contribution is 0.360. The third-order valence-electron chi connectivity index (χ3n) is 4.51. The van der Waals surface area contributed by atoms with Gasteiger partial charge in [-0.2, -0.15) is 17.0 Å². The molecule has 1 aliphatic carbocycles. The van der Waals surface area contributed by atoms with Gasteiger partial charge < -0.3 is 5.32 Å². The first-order valence-corrected chi connectivity index (χ1v) is 9.25. The van der Waals surface area contributed by atoms with Crippen molar-refractivity contribution in [2.75, 3.05) is 33.2 Å². The van der Waals surface area contributed by atoms with Crippen molar-refractivity contribution in [2.24, 2.45) is 11.8 Å². The molecule has 1 aliphatic heterocycles. The van der Waals surface area contributed by atoms with E-state index in [1.54, 1.807) is 11.4 Å². The zero-order valence-electron chi connectivity index (χ0n) is 13.0. The van der Waals surface area contributed by atoms with Crippen LogP contribution in [0.5, 0.6) is 0 Å². The van der Waals surface area contributed by atoms with E-state index in [-0.39, 0.29) is 0 Å². The van der Waals surface area contributed by atoms with Crippen LogP contribution in [0.4, 0.5) is 0 Å². The van der Waals surface area contributed by atoms with E-state index in [9.17, 15) is 8.42 Å². The quantitative estimate of drug-likeness (QED) is 0.687.